The Balaban J connectivity index is 2.71. The monoisotopic (exact) mass is 288 g/mol. The van der Waals surface area contributed by atoms with Gasteiger partial charge in [-0.15, -0.1) is 0 Å². The lowest BCUT2D eigenvalue weighted by atomic mass is 10.2. The van der Waals surface area contributed by atoms with Gasteiger partial charge in [0.25, 0.3) is 5.56 Å². The van der Waals surface area contributed by atoms with Crippen molar-refractivity contribution in [2.75, 3.05) is 0 Å². The van der Waals surface area contributed by atoms with Crippen LogP contribution in [0.5, 0.6) is 0 Å². The van der Waals surface area contributed by atoms with E-state index in [1.54, 1.807) is 6.92 Å². The molecule has 0 amide bonds. The summed E-state index contributed by atoms with van der Waals surface area (Å²) in [6.07, 6.45) is -4.86. The summed E-state index contributed by atoms with van der Waals surface area (Å²) < 4.78 is 51.3. The van der Waals surface area contributed by atoms with Crippen molar-refractivity contribution in [1.29, 1.82) is 0 Å². The van der Waals surface area contributed by atoms with Crippen LogP contribution in [-0.2, 0) is 6.18 Å². The van der Waals surface area contributed by atoms with E-state index in [4.69, 9.17) is 0 Å². The molecule has 2 rings (SSSR count). The van der Waals surface area contributed by atoms with Crippen molar-refractivity contribution in [2.24, 2.45) is 0 Å². The zero-order chi connectivity index (χ0) is 15.1. The summed E-state index contributed by atoms with van der Waals surface area (Å²) in [6.45, 7) is 1.59. The van der Waals surface area contributed by atoms with Gasteiger partial charge in [-0.1, -0.05) is 6.07 Å². The van der Waals surface area contributed by atoms with E-state index in [1.807, 2.05) is 0 Å². The zero-order valence-corrected chi connectivity index (χ0v) is 10.1. The van der Waals surface area contributed by atoms with Gasteiger partial charge in [-0.05, 0) is 24.6 Å². The van der Waals surface area contributed by atoms with Gasteiger partial charge in [-0.25, -0.2) is 13.8 Å². The van der Waals surface area contributed by atoms with Crippen LogP contribution in [0.2, 0.25) is 0 Å². The van der Waals surface area contributed by atoms with E-state index in [0.717, 1.165) is 12.1 Å². The Morgan fingerprint density at radius 3 is 2.30 bits per heavy atom. The fraction of sp³-hybridized carbons (Fsp3) is 0.167. The lowest BCUT2D eigenvalue weighted by molar-refractivity contribution is -0.141. The number of halogens is 4. The Morgan fingerprint density at radius 2 is 1.80 bits per heavy atom. The molecule has 2 aromatic rings. The third-order valence-corrected chi connectivity index (χ3v) is 2.58. The average Bonchev–Trinajstić information content (AvgIpc) is 2.29. The number of rotatable bonds is 1. The second kappa shape index (κ2) is 4.62. The molecular weight excluding hydrogens is 280 g/mol. The van der Waals surface area contributed by atoms with Gasteiger partial charge in [0.15, 0.2) is 0 Å². The third kappa shape index (κ3) is 2.49. The summed E-state index contributed by atoms with van der Waals surface area (Å²) in [5.74, 6) is -0.877. The molecule has 20 heavy (non-hydrogen) atoms. The molecule has 0 fully saturated rings. The van der Waals surface area contributed by atoms with E-state index in [0.29, 0.717) is 10.1 Å². The van der Waals surface area contributed by atoms with Crippen molar-refractivity contribution in [3.63, 3.8) is 0 Å². The van der Waals surface area contributed by atoms with Crippen molar-refractivity contribution in [3.8, 4) is 5.69 Å². The summed E-state index contributed by atoms with van der Waals surface area (Å²) in [4.78, 5) is 24.7. The number of hydrogen-bond donors (Lipinski definition) is 1. The van der Waals surface area contributed by atoms with Gasteiger partial charge in [0, 0.05) is 6.07 Å². The van der Waals surface area contributed by atoms with Crippen LogP contribution in [0, 0.1) is 12.7 Å². The van der Waals surface area contributed by atoms with Gasteiger partial charge >= 0.3 is 11.9 Å². The molecule has 8 heteroatoms. The molecule has 106 valence electrons. The topological polar surface area (TPSA) is 54.9 Å². The average molecular weight is 288 g/mol. The number of nitrogens with one attached hydrogen (secondary N) is 1. The summed E-state index contributed by atoms with van der Waals surface area (Å²) >= 11 is 0. The van der Waals surface area contributed by atoms with E-state index in [2.05, 4.69) is 0 Å². The van der Waals surface area contributed by atoms with Crippen molar-refractivity contribution >= 4 is 0 Å². The number of alkyl halides is 3. The van der Waals surface area contributed by atoms with E-state index < -0.39 is 34.6 Å². The SMILES string of the molecule is Cc1ccc(-n2c(=O)cc(C(F)(F)F)[nH]c2=O)c(F)c1. The van der Waals surface area contributed by atoms with Crippen LogP contribution in [0.4, 0.5) is 17.6 Å². The predicted octanol–water partition coefficient (Wildman–Crippen LogP) is 1.99. The van der Waals surface area contributed by atoms with Crippen molar-refractivity contribution in [3.05, 3.63) is 62.2 Å². The highest BCUT2D eigenvalue weighted by Gasteiger charge is 2.33. The third-order valence-electron chi connectivity index (χ3n) is 2.58. The summed E-state index contributed by atoms with van der Waals surface area (Å²) in [5, 5.41) is 0. The quantitative estimate of drug-likeness (QED) is 0.816. The molecular formula is C12H8F4N2O2. The molecule has 0 atom stereocenters. The maximum absolute atomic E-state index is 13.7. The molecule has 1 aromatic heterocycles. The number of hydrogen-bond acceptors (Lipinski definition) is 2. The molecule has 1 aromatic carbocycles. The molecule has 0 spiro atoms. The molecule has 0 saturated heterocycles. The van der Waals surface area contributed by atoms with E-state index in [1.165, 1.54) is 11.1 Å². The van der Waals surface area contributed by atoms with Crippen LogP contribution < -0.4 is 11.2 Å². The van der Waals surface area contributed by atoms with Crippen LogP contribution in [0.25, 0.3) is 5.69 Å². The van der Waals surface area contributed by atoms with Crippen molar-refractivity contribution in [1.82, 2.24) is 9.55 Å². The normalized spacial score (nSPS) is 11.7. The fourth-order valence-corrected chi connectivity index (χ4v) is 1.67. The Kier molecular flexibility index (Phi) is 3.24. The molecule has 0 saturated carbocycles. The van der Waals surface area contributed by atoms with Crippen LogP contribution in [0.3, 0.4) is 0 Å². The number of nitrogens with zero attached hydrogens (tertiary/aromatic N) is 1. The first-order valence-corrected chi connectivity index (χ1v) is 5.40. The van der Waals surface area contributed by atoms with E-state index in [-0.39, 0.29) is 6.07 Å². The van der Waals surface area contributed by atoms with E-state index >= 15 is 0 Å². The molecule has 0 aliphatic heterocycles. The first kappa shape index (κ1) is 14.0. The fourth-order valence-electron chi connectivity index (χ4n) is 1.67. The largest absolute Gasteiger partial charge is 0.431 e. The Hall–Kier alpha value is -2.38. The molecule has 1 N–H and O–H groups in total. The standard InChI is InChI=1S/C12H8F4N2O2/c1-6-2-3-8(7(13)4-6)18-10(19)5-9(12(14,15)16)17-11(18)20/h2-5H,1H3,(H,17,20). The lowest BCUT2D eigenvalue weighted by Gasteiger charge is -2.09. The van der Waals surface area contributed by atoms with Crippen LogP contribution in [0.15, 0.2) is 33.9 Å². The van der Waals surface area contributed by atoms with Gasteiger partial charge in [0.2, 0.25) is 0 Å². The predicted molar refractivity (Wildman–Crippen MR) is 62.4 cm³/mol. The van der Waals surface area contributed by atoms with Gasteiger partial charge in [0.05, 0.1) is 5.69 Å². The Labute approximate surface area is 109 Å². The summed E-state index contributed by atoms with van der Waals surface area (Å²) in [7, 11) is 0. The maximum Gasteiger partial charge on any atom is 0.431 e. The molecule has 0 bridgehead atoms. The Bertz CT molecular complexity index is 743. The van der Waals surface area contributed by atoms with Gasteiger partial charge in [-0.3, -0.25) is 4.79 Å². The highest BCUT2D eigenvalue weighted by Crippen LogP contribution is 2.25. The molecule has 0 radical (unpaired) electrons. The molecule has 1 heterocycles. The van der Waals surface area contributed by atoms with Gasteiger partial charge in [0.1, 0.15) is 11.5 Å². The minimum Gasteiger partial charge on any atom is -0.303 e. The minimum atomic E-state index is -4.86. The highest BCUT2D eigenvalue weighted by atomic mass is 19.4. The van der Waals surface area contributed by atoms with Crippen LogP contribution in [-0.4, -0.2) is 9.55 Å². The number of aryl methyl sites for hydroxylation is 1. The first-order chi connectivity index (χ1) is 9.20. The Morgan fingerprint density at radius 1 is 1.15 bits per heavy atom. The molecule has 4 nitrogen and oxygen atoms in total. The molecule has 0 unspecified atom stereocenters. The van der Waals surface area contributed by atoms with Gasteiger partial charge < -0.3 is 4.98 Å². The van der Waals surface area contributed by atoms with Crippen molar-refractivity contribution in [2.45, 2.75) is 13.1 Å². The summed E-state index contributed by atoms with van der Waals surface area (Å²) in [6, 6.07) is 3.86. The maximum atomic E-state index is 13.7. The number of benzene rings is 1. The number of H-pyrrole nitrogens is 1. The van der Waals surface area contributed by atoms with Crippen LogP contribution in [0.1, 0.15) is 11.3 Å². The smallest absolute Gasteiger partial charge is 0.303 e. The lowest BCUT2D eigenvalue weighted by Crippen LogP contribution is -2.36. The minimum absolute atomic E-state index is 0.209. The zero-order valence-electron chi connectivity index (χ0n) is 10.1. The first-order valence-electron chi connectivity index (χ1n) is 5.40. The second-order valence-electron chi connectivity index (χ2n) is 4.11. The number of aromatic nitrogens is 2. The second-order valence-corrected chi connectivity index (χ2v) is 4.11. The van der Waals surface area contributed by atoms with Crippen LogP contribution >= 0.6 is 0 Å². The highest BCUT2D eigenvalue weighted by molar-refractivity contribution is 5.36. The summed E-state index contributed by atoms with van der Waals surface area (Å²) in [5.41, 5.74) is -3.95. The molecule has 0 aliphatic carbocycles. The number of aromatic amines is 1. The van der Waals surface area contributed by atoms with Gasteiger partial charge in [-0.2, -0.15) is 13.2 Å². The van der Waals surface area contributed by atoms with E-state index in [9.17, 15) is 27.2 Å². The molecule has 0 aliphatic rings. The van der Waals surface area contributed by atoms with Crippen molar-refractivity contribution < 1.29 is 17.6 Å².